The van der Waals surface area contributed by atoms with E-state index in [0.29, 0.717) is 28.9 Å². The summed E-state index contributed by atoms with van der Waals surface area (Å²) in [6.07, 6.45) is 4.76. The first-order chi connectivity index (χ1) is 12.8. The van der Waals surface area contributed by atoms with Crippen LogP contribution < -0.4 is 15.0 Å². The molecule has 1 atom stereocenters. The topological polar surface area (TPSA) is 44.8 Å². The third-order valence-corrected chi connectivity index (χ3v) is 5.70. The molecular weight excluding hydrogens is 362 g/mol. The predicted molar refractivity (Wildman–Crippen MR) is 111 cm³/mol. The van der Waals surface area contributed by atoms with Crippen LogP contribution in [0.2, 0.25) is 5.02 Å². The summed E-state index contributed by atoms with van der Waals surface area (Å²) in [4.78, 5) is 17.6. The highest BCUT2D eigenvalue weighted by molar-refractivity contribution is 6.31. The maximum Gasteiger partial charge on any atom is 0.255 e. The van der Waals surface area contributed by atoms with Gasteiger partial charge in [-0.1, -0.05) is 24.9 Å². The number of benzene rings is 1. The molecule has 1 aromatic rings. The van der Waals surface area contributed by atoms with E-state index in [4.69, 9.17) is 16.3 Å². The zero-order valence-corrected chi connectivity index (χ0v) is 17.7. The van der Waals surface area contributed by atoms with E-state index < -0.39 is 0 Å². The first-order valence-electron chi connectivity index (χ1n) is 10.1. The Kier molecular flexibility index (Phi) is 6.21. The van der Waals surface area contributed by atoms with Crippen molar-refractivity contribution in [3.63, 3.8) is 0 Å². The number of carbonyl (C=O) groups excluding carboxylic acids is 1. The number of nitrogens with one attached hydrogen (secondary N) is 1. The van der Waals surface area contributed by atoms with Crippen LogP contribution in [0.3, 0.4) is 0 Å². The van der Waals surface area contributed by atoms with Gasteiger partial charge in [0.1, 0.15) is 5.60 Å². The number of carbonyl (C=O) groups is 1. The second kappa shape index (κ2) is 8.27. The summed E-state index contributed by atoms with van der Waals surface area (Å²) in [5.74, 6) is 0.520. The highest BCUT2D eigenvalue weighted by atomic mass is 35.5. The summed E-state index contributed by atoms with van der Waals surface area (Å²) in [6.45, 7) is 9.95. The van der Waals surface area contributed by atoms with Crippen LogP contribution in [0.25, 0.3) is 0 Å². The van der Waals surface area contributed by atoms with Gasteiger partial charge in [-0.2, -0.15) is 0 Å². The average molecular weight is 394 g/mol. The quantitative estimate of drug-likeness (QED) is 0.795. The number of fused-ring (bicyclic) bond motifs is 1. The molecule has 1 aromatic carbocycles. The summed E-state index contributed by atoms with van der Waals surface area (Å²) in [5, 5.41) is 3.68. The minimum Gasteiger partial charge on any atom is -0.483 e. The minimum atomic E-state index is -0.354. The number of unbranched alkanes of at least 4 members (excludes halogenated alkanes) is 1. The van der Waals surface area contributed by atoms with E-state index in [1.165, 1.54) is 19.3 Å². The molecular formula is C21H32ClN3O2. The van der Waals surface area contributed by atoms with E-state index in [2.05, 4.69) is 22.0 Å². The lowest BCUT2D eigenvalue weighted by Gasteiger charge is -2.39. The van der Waals surface area contributed by atoms with Crippen LogP contribution in [-0.2, 0) is 0 Å². The summed E-state index contributed by atoms with van der Waals surface area (Å²) >= 11 is 6.30. The first kappa shape index (κ1) is 20.3. The zero-order valence-electron chi connectivity index (χ0n) is 17.0. The van der Waals surface area contributed by atoms with E-state index in [0.717, 1.165) is 31.7 Å². The van der Waals surface area contributed by atoms with Gasteiger partial charge in [-0.15, -0.1) is 0 Å². The molecule has 1 saturated heterocycles. The number of likely N-dealkylation sites (tertiary alicyclic amines) is 1. The molecule has 0 aromatic heterocycles. The summed E-state index contributed by atoms with van der Waals surface area (Å²) < 4.78 is 6.17. The van der Waals surface area contributed by atoms with Gasteiger partial charge >= 0.3 is 0 Å². The molecule has 1 N–H and O–H groups in total. The third-order valence-electron chi connectivity index (χ3n) is 5.48. The maximum atomic E-state index is 13.0. The monoisotopic (exact) mass is 393 g/mol. The van der Waals surface area contributed by atoms with Crippen LogP contribution >= 0.6 is 11.6 Å². The number of likely N-dealkylation sites (N-methyl/N-ethyl adjacent to an activating group) is 1. The molecule has 0 aliphatic carbocycles. The maximum absolute atomic E-state index is 13.0. The van der Waals surface area contributed by atoms with Gasteiger partial charge in [0.05, 0.1) is 17.8 Å². The van der Waals surface area contributed by atoms with Crippen LogP contribution in [0.15, 0.2) is 12.1 Å². The van der Waals surface area contributed by atoms with E-state index in [-0.39, 0.29) is 11.5 Å². The van der Waals surface area contributed by atoms with Crippen molar-refractivity contribution in [2.24, 2.45) is 0 Å². The van der Waals surface area contributed by atoms with Gasteiger partial charge in [-0.3, -0.25) is 9.69 Å². The molecule has 2 heterocycles. The summed E-state index contributed by atoms with van der Waals surface area (Å²) in [5.41, 5.74) is 1.04. The van der Waals surface area contributed by atoms with Crippen molar-refractivity contribution in [2.45, 2.75) is 58.1 Å². The SMILES string of the molecule is CCCCN1CCC[C@H]1CNC(=O)c1cc(Cl)cc2c1OC(C)(C)CN2C. The van der Waals surface area contributed by atoms with Crippen molar-refractivity contribution in [3.05, 3.63) is 22.7 Å². The molecule has 0 radical (unpaired) electrons. The smallest absolute Gasteiger partial charge is 0.255 e. The lowest BCUT2D eigenvalue weighted by molar-refractivity contribution is 0.0894. The number of hydrogen-bond acceptors (Lipinski definition) is 4. The molecule has 0 saturated carbocycles. The Balaban J connectivity index is 1.74. The molecule has 150 valence electrons. The van der Waals surface area contributed by atoms with Crippen molar-refractivity contribution in [1.29, 1.82) is 0 Å². The fraction of sp³-hybridized carbons (Fsp3) is 0.667. The van der Waals surface area contributed by atoms with Gasteiger partial charge in [0.15, 0.2) is 5.75 Å². The zero-order chi connectivity index (χ0) is 19.6. The Labute approximate surface area is 168 Å². The number of rotatable bonds is 6. The highest BCUT2D eigenvalue weighted by Gasteiger charge is 2.34. The number of ether oxygens (including phenoxy) is 1. The van der Waals surface area contributed by atoms with Gasteiger partial charge in [-0.25, -0.2) is 0 Å². The molecule has 3 rings (SSSR count). The number of hydrogen-bond donors (Lipinski definition) is 1. The predicted octanol–water partition coefficient (Wildman–Crippen LogP) is 3.94. The van der Waals surface area contributed by atoms with Crippen LogP contribution in [0.1, 0.15) is 56.8 Å². The van der Waals surface area contributed by atoms with Crippen molar-refractivity contribution >= 4 is 23.2 Å². The molecule has 0 unspecified atom stereocenters. The second-order valence-corrected chi connectivity index (χ2v) is 8.85. The normalized spacial score (nSPS) is 21.7. The van der Waals surface area contributed by atoms with E-state index in [9.17, 15) is 4.79 Å². The lowest BCUT2D eigenvalue weighted by Crippen LogP contribution is -2.46. The van der Waals surface area contributed by atoms with Gasteiger partial charge in [0.25, 0.3) is 5.91 Å². The van der Waals surface area contributed by atoms with Gasteiger partial charge < -0.3 is 15.0 Å². The number of anilines is 1. The molecule has 27 heavy (non-hydrogen) atoms. The van der Waals surface area contributed by atoms with Crippen LogP contribution in [0, 0.1) is 0 Å². The Morgan fingerprint density at radius 2 is 2.19 bits per heavy atom. The number of amides is 1. The van der Waals surface area contributed by atoms with E-state index in [1.54, 1.807) is 6.07 Å². The van der Waals surface area contributed by atoms with Crippen LogP contribution in [-0.4, -0.2) is 55.7 Å². The fourth-order valence-corrected chi connectivity index (χ4v) is 4.40. The molecule has 2 aliphatic rings. The van der Waals surface area contributed by atoms with Crippen molar-refractivity contribution < 1.29 is 9.53 Å². The summed E-state index contributed by atoms with van der Waals surface area (Å²) in [7, 11) is 2.01. The fourth-order valence-electron chi connectivity index (χ4n) is 4.19. The van der Waals surface area contributed by atoms with Crippen LogP contribution in [0.5, 0.6) is 5.75 Å². The van der Waals surface area contributed by atoms with E-state index >= 15 is 0 Å². The molecule has 0 spiro atoms. The Bertz CT molecular complexity index is 692. The first-order valence-corrected chi connectivity index (χ1v) is 10.4. The van der Waals surface area contributed by atoms with Crippen molar-refractivity contribution in [2.75, 3.05) is 38.1 Å². The molecule has 1 amide bonds. The molecule has 2 aliphatic heterocycles. The minimum absolute atomic E-state index is 0.109. The van der Waals surface area contributed by atoms with Crippen molar-refractivity contribution in [1.82, 2.24) is 10.2 Å². The van der Waals surface area contributed by atoms with E-state index in [1.807, 2.05) is 27.0 Å². The Morgan fingerprint density at radius 1 is 1.41 bits per heavy atom. The Morgan fingerprint density at radius 3 is 2.93 bits per heavy atom. The third kappa shape index (κ3) is 4.69. The molecule has 5 nitrogen and oxygen atoms in total. The molecule has 0 bridgehead atoms. The standard InChI is InChI=1S/C21H32ClN3O2/c1-5-6-9-25-10-7-8-16(25)13-23-20(26)17-11-15(22)12-18-19(17)27-21(2,3)14-24(18)4/h11-12,16H,5-10,13-14H2,1-4H3,(H,23,26)/t16-/m0/s1. The van der Waals surface area contributed by atoms with Gasteiger partial charge in [0.2, 0.25) is 0 Å². The number of halogens is 1. The summed E-state index contributed by atoms with van der Waals surface area (Å²) in [6, 6.07) is 4.01. The largest absolute Gasteiger partial charge is 0.483 e. The highest BCUT2D eigenvalue weighted by Crippen LogP contribution is 2.41. The lowest BCUT2D eigenvalue weighted by atomic mass is 10.0. The van der Waals surface area contributed by atoms with Crippen LogP contribution in [0.4, 0.5) is 5.69 Å². The van der Waals surface area contributed by atoms with Gasteiger partial charge in [-0.05, 0) is 58.3 Å². The van der Waals surface area contributed by atoms with Gasteiger partial charge in [0, 0.05) is 24.7 Å². The number of nitrogens with zero attached hydrogens (tertiary/aromatic N) is 2. The molecule has 6 heteroatoms. The average Bonchev–Trinajstić information content (AvgIpc) is 3.04. The molecule has 1 fully saturated rings. The van der Waals surface area contributed by atoms with Crippen molar-refractivity contribution in [3.8, 4) is 5.75 Å². The second-order valence-electron chi connectivity index (χ2n) is 8.42. The Hall–Kier alpha value is -1.46.